The summed E-state index contributed by atoms with van der Waals surface area (Å²) in [5, 5.41) is 0.609. The van der Waals surface area contributed by atoms with Crippen LogP contribution in [-0.4, -0.2) is 41.9 Å². The van der Waals surface area contributed by atoms with Crippen molar-refractivity contribution in [2.45, 2.75) is 57.1 Å². The molecular formula is C43H40FNO6. The number of ether oxygens (including phenoxy) is 5. The molecule has 2 heterocycles. The summed E-state index contributed by atoms with van der Waals surface area (Å²) in [4.78, 5) is 12.3. The van der Waals surface area contributed by atoms with Gasteiger partial charge in [-0.1, -0.05) is 121 Å². The van der Waals surface area contributed by atoms with E-state index >= 15 is 0 Å². The first-order valence-electron chi connectivity index (χ1n) is 17.2. The van der Waals surface area contributed by atoms with Crippen molar-refractivity contribution in [1.82, 2.24) is 4.57 Å². The number of hydrogen-bond acceptors (Lipinski definition) is 6. The van der Waals surface area contributed by atoms with Crippen LogP contribution in [0.3, 0.4) is 0 Å². The lowest BCUT2D eigenvalue weighted by Crippen LogP contribution is -2.59. The number of carbonyl (C=O) groups excluding carboxylic acids is 1. The molecule has 5 atom stereocenters. The van der Waals surface area contributed by atoms with Gasteiger partial charge in [-0.25, -0.2) is 4.39 Å². The van der Waals surface area contributed by atoms with E-state index in [1.54, 1.807) is 16.8 Å². The van der Waals surface area contributed by atoms with Gasteiger partial charge in [0.2, 0.25) is 0 Å². The molecule has 1 aliphatic heterocycles. The smallest absolute Gasteiger partial charge is 0.163 e. The molecular weight excluding hydrogens is 645 g/mol. The van der Waals surface area contributed by atoms with E-state index < -0.39 is 36.5 Å². The Labute approximate surface area is 297 Å². The normalized spacial score (nSPS) is 20.4. The highest BCUT2D eigenvalue weighted by atomic mass is 19.1. The fourth-order valence-corrected chi connectivity index (χ4v) is 6.54. The summed E-state index contributed by atoms with van der Waals surface area (Å²) in [6, 6.07) is 44.0. The average molecular weight is 686 g/mol. The molecule has 1 aliphatic rings. The number of benzene rings is 5. The van der Waals surface area contributed by atoms with Crippen molar-refractivity contribution in [3.63, 3.8) is 0 Å². The quantitative estimate of drug-likeness (QED) is 0.101. The van der Waals surface area contributed by atoms with Crippen LogP contribution in [0.1, 0.15) is 38.8 Å². The molecule has 0 bridgehead atoms. The standard InChI is InChI=1S/C43H40FNO6/c44-36-21-22-37-35(25-46)24-45(38(37)23-36)43-42(50-29-34-19-11-4-12-20-34)41(49-28-33-17-9-3-10-18-33)40(48-27-32-15-7-2-8-16-32)39(51-43)30-47-26-31-13-5-1-6-14-31/h1-25,39-43H,26-30H2/t39-,40-,41+,42-,43-/m1/s1. The lowest BCUT2D eigenvalue weighted by Gasteiger charge is -2.46. The first-order valence-corrected chi connectivity index (χ1v) is 17.2. The molecule has 0 spiro atoms. The molecule has 7 rings (SSSR count). The number of carbonyl (C=O) groups is 1. The molecule has 0 unspecified atom stereocenters. The molecule has 0 radical (unpaired) electrons. The first-order chi connectivity index (χ1) is 25.2. The highest BCUT2D eigenvalue weighted by molar-refractivity contribution is 5.97. The zero-order valence-electron chi connectivity index (χ0n) is 28.1. The van der Waals surface area contributed by atoms with Crippen molar-refractivity contribution < 1.29 is 32.9 Å². The summed E-state index contributed by atoms with van der Waals surface area (Å²) >= 11 is 0. The largest absolute Gasteiger partial charge is 0.374 e. The van der Waals surface area contributed by atoms with Gasteiger partial charge >= 0.3 is 0 Å². The fraction of sp³-hybridized carbons (Fsp3) is 0.233. The van der Waals surface area contributed by atoms with Gasteiger partial charge in [0.25, 0.3) is 0 Å². The van der Waals surface area contributed by atoms with Crippen molar-refractivity contribution in [2.75, 3.05) is 6.61 Å². The van der Waals surface area contributed by atoms with Crippen molar-refractivity contribution in [3.8, 4) is 0 Å². The van der Waals surface area contributed by atoms with Crippen LogP contribution in [0.2, 0.25) is 0 Å². The van der Waals surface area contributed by atoms with Gasteiger partial charge in [-0.15, -0.1) is 0 Å². The Morgan fingerprint density at radius 1 is 0.608 bits per heavy atom. The first kappa shape index (κ1) is 34.5. The molecule has 5 aromatic carbocycles. The lowest BCUT2D eigenvalue weighted by molar-refractivity contribution is -0.289. The van der Waals surface area contributed by atoms with Crippen LogP contribution in [0.25, 0.3) is 10.9 Å². The number of rotatable bonds is 15. The number of fused-ring (bicyclic) bond motifs is 1. The van der Waals surface area contributed by atoms with E-state index in [1.165, 1.54) is 12.1 Å². The summed E-state index contributed by atoms with van der Waals surface area (Å²) in [5.74, 6) is -0.430. The van der Waals surface area contributed by atoms with Crippen molar-refractivity contribution >= 4 is 17.2 Å². The zero-order valence-corrected chi connectivity index (χ0v) is 28.1. The van der Waals surface area contributed by atoms with E-state index in [2.05, 4.69) is 0 Å². The molecule has 0 aliphatic carbocycles. The second kappa shape index (κ2) is 16.8. The second-order valence-corrected chi connectivity index (χ2v) is 12.6. The minimum Gasteiger partial charge on any atom is -0.374 e. The predicted octanol–water partition coefficient (Wildman–Crippen LogP) is 8.46. The summed E-state index contributed by atoms with van der Waals surface area (Å²) in [6.45, 7) is 1.39. The van der Waals surface area contributed by atoms with Crippen molar-refractivity contribution in [2.24, 2.45) is 0 Å². The summed E-state index contributed by atoms with van der Waals surface area (Å²) in [7, 11) is 0. The zero-order chi connectivity index (χ0) is 34.8. The SMILES string of the molecule is O=Cc1cn([C@@H]2O[C@H](COCc3ccccc3)[C@@H](OCc3ccccc3)[C@H](OCc3ccccc3)[C@H]2OCc2ccccc2)c2cc(F)ccc12. The molecule has 0 N–H and O–H groups in total. The van der Waals surface area contributed by atoms with Gasteiger partial charge in [-0.05, 0) is 40.5 Å². The highest BCUT2D eigenvalue weighted by Gasteiger charge is 2.49. The molecule has 1 aromatic heterocycles. The van der Waals surface area contributed by atoms with Gasteiger partial charge in [0, 0.05) is 17.1 Å². The van der Waals surface area contributed by atoms with Crippen LogP contribution < -0.4 is 0 Å². The lowest BCUT2D eigenvalue weighted by atomic mass is 9.96. The van der Waals surface area contributed by atoms with Crippen molar-refractivity contribution in [3.05, 3.63) is 179 Å². The van der Waals surface area contributed by atoms with E-state index in [-0.39, 0.29) is 19.8 Å². The van der Waals surface area contributed by atoms with E-state index in [9.17, 15) is 9.18 Å². The molecule has 260 valence electrons. The summed E-state index contributed by atoms with van der Waals surface area (Å²) < 4.78 is 50.3. The second-order valence-electron chi connectivity index (χ2n) is 12.6. The molecule has 1 saturated heterocycles. The van der Waals surface area contributed by atoms with Gasteiger partial charge in [0.1, 0.15) is 30.2 Å². The third-order valence-electron chi connectivity index (χ3n) is 9.09. The van der Waals surface area contributed by atoms with Gasteiger partial charge in [-0.3, -0.25) is 4.79 Å². The predicted molar refractivity (Wildman–Crippen MR) is 192 cm³/mol. The number of halogens is 1. The minimum absolute atomic E-state index is 0.176. The maximum atomic E-state index is 14.8. The van der Waals surface area contributed by atoms with Crippen LogP contribution in [0, 0.1) is 5.82 Å². The number of hydrogen-bond donors (Lipinski definition) is 0. The van der Waals surface area contributed by atoms with Crippen LogP contribution >= 0.6 is 0 Å². The van der Waals surface area contributed by atoms with Gasteiger partial charge < -0.3 is 28.3 Å². The molecule has 51 heavy (non-hydrogen) atoms. The van der Waals surface area contributed by atoms with Crippen LogP contribution in [0.4, 0.5) is 4.39 Å². The minimum atomic E-state index is -0.839. The number of aldehydes is 1. The Bertz CT molecular complexity index is 1970. The topological polar surface area (TPSA) is 68.2 Å². The van der Waals surface area contributed by atoms with Crippen LogP contribution in [-0.2, 0) is 50.1 Å². The van der Waals surface area contributed by atoms with Gasteiger partial charge in [0.05, 0.1) is 38.6 Å². The third kappa shape index (κ3) is 8.51. The molecule has 8 heteroatoms. The third-order valence-corrected chi connectivity index (χ3v) is 9.09. The van der Waals surface area contributed by atoms with Crippen molar-refractivity contribution in [1.29, 1.82) is 0 Å². The molecule has 6 aromatic rings. The molecule has 0 amide bonds. The van der Waals surface area contributed by atoms with Gasteiger partial charge in [0.15, 0.2) is 12.5 Å². The highest BCUT2D eigenvalue weighted by Crippen LogP contribution is 2.38. The Morgan fingerprint density at radius 3 is 1.63 bits per heavy atom. The van der Waals surface area contributed by atoms with E-state index in [4.69, 9.17) is 23.7 Å². The van der Waals surface area contributed by atoms with E-state index in [1.807, 2.05) is 121 Å². The van der Waals surface area contributed by atoms with Gasteiger partial charge in [-0.2, -0.15) is 0 Å². The van der Waals surface area contributed by atoms with E-state index in [0.717, 1.165) is 28.5 Å². The molecule has 7 nitrogen and oxygen atoms in total. The summed E-state index contributed by atoms with van der Waals surface area (Å²) in [5.41, 5.74) is 4.88. The monoisotopic (exact) mass is 685 g/mol. The van der Waals surface area contributed by atoms with Crippen LogP contribution in [0.5, 0.6) is 0 Å². The number of aromatic nitrogens is 1. The Hall–Kier alpha value is -4.96. The Balaban J connectivity index is 1.30. The maximum absolute atomic E-state index is 14.8. The fourth-order valence-electron chi connectivity index (χ4n) is 6.54. The summed E-state index contributed by atoms with van der Waals surface area (Å²) in [6.07, 6.45) is -1.06. The van der Waals surface area contributed by atoms with Crippen LogP contribution in [0.15, 0.2) is 146 Å². The molecule has 1 fully saturated rings. The average Bonchev–Trinajstić information content (AvgIpc) is 3.55. The van der Waals surface area contributed by atoms with E-state index in [0.29, 0.717) is 29.7 Å². The molecule has 0 saturated carbocycles. The number of nitrogens with zero attached hydrogens (tertiary/aromatic N) is 1. The Kier molecular flexibility index (Phi) is 11.4. The Morgan fingerprint density at radius 2 is 1.10 bits per heavy atom. The maximum Gasteiger partial charge on any atom is 0.163 e.